The summed E-state index contributed by atoms with van der Waals surface area (Å²) < 4.78 is 39.3. The molecule has 0 saturated carbocycles. The first-order valence-corrected chi connectivity index (χ1v) is 14.7. The van der Waals surface area contributed by atoms with E-state index in [-0.39, 0.29) is 28.1 Å². The fourth-order valence-electron chi connectivity index (χ4n) is 4.08. The van der Waals surface area contributed by atoms with Gasteiger partial charge in [0.05, 0.1) is 29.8 Å². The lowest BCUT2D eigenvalue weighted by atomic mass is 10.1. The van der Waals surface area contributed by atoms with E-state index in [4.69, 9.17) is 21.1 Å². The van der Waals surface area contributed by atoms with Crippen LogP contribution in [-0.4, -0.2) is 57.5 Å². The number of rotatable bonds is 11. The van der Waals surface area contributed by atoms with Gasteiger partial charge in [-0.05, 0) is 75.7 Å². The van der Waals surface area contributed by atoms with Gasteiger partial charge in [0.15, 0.2) is 0 Å². The maximum atomic E-state index is 14.0. The molecule has 9 nitrogen and oxygen atoms in total. The number of amides is 2. The number of nitrogens with zero attached hydrogens (tertiary/aromatic N) is 2. The van der Waals surface area contributed by atoms with Gasteiger partial charge in [-0.3, -0.25) is 13.9 Å². The Hall–Kier alpha value is -3.76. The Morgan fingerprint density at radius 1 is 0.951 bits per heavy atom. The van der Waals surface area contributed by atoms with Crippen LogP contribution in [0.4, 0.5) is 5.69 Å². The zero-order chi connectivity index (χ0) is 30.4. The summed E-state index contributed by atoms with van der Waals surface area (Å²) in [6.07, 6.45) is 0. The Morgan fingerprint density at radius 2 is 1.63 bits per heavy atom. The molecule has 0 heterocycles. The Balaban J connectivity index is 2.07. The molecule has 0 spiro atoms. The largest absolute Gasteiger partial charge is 0.497 e. The molecule has 1 N–H and O–H groups in total. The Kier molecular flexibility index (Phi) is 10.3. The Labute approximate surface area is 247 Å². The Bertz CT molecular complexity index is 1480. The number of carbonyl (C=O) groups is 2. The van der Waals surface area contributed by atoms with Gasteiger partial charge >= 0.3 is 0 Å². The van der Waals surface area contributed by atoms with E-state index in [1.807, 2.05) is 20.8 Å². The highest BCUT2D eigenvalue weighted by atomic mass is 35.5. The second-order valence-corrected chi connectivity index (χ2v) is 12.7. The fourth-order valence-corrected chi connectivity index (χ4v) is 5.76. The summed E-state index contributed by atoms with van der Waals surface area (Å²) in [5.41, 5.74) is 0.331. The molecule has 0 aliphatic rings. The van der Waals surface area contributed by atoms with Gasteiger partial charge in [0.2, 0.25) is 11.8 Å². The molecule has 3 aromatic rings. The molecule has 1 atom stereocenters. The molecule has 220 valence electrons. The summed E-state index contributed by atoms with van der Waals surface area (Å²) in [5.74, 6) is -0.0247. The average molecular weight is 602 g/mol. The normalized spacial score (nSPS) is 12.3. The minimum absolute atomic E-state index is 0.00221. The van der Waals surface area contributed by atoms with Crippen LogP contribution in [0.15, 0.2) is 77.7 Å². The Morgan fingerprint density at radius 3 is 2.22 bits per heavy atom. The van der Waals surface area contributed by atoms with Crippen LogP contribution in [0.3, 0.4) is 0 Å². The van der Waals surface area contributed by atoms with Gasteiger partial charge in [-0.2, -0.15) is 0 Å². The zero-order valence-electron chi connectivity index (χ0n) is 24.0. The lowest BCUT2D eigenvalue weighted by molar-refractivity contribution is -0.140. The van der Waals surface area contributed by atoms with Gasteiger partial charge in [0.25, 0.3) is 10.0 Å². The minimum Gasteiger partial charge on any atom is -0.497 e. The highest BCUT2D eigenvalue weighted by Crippen LogP contribution is 2.32. The summed E-state index contributed by atoms with van der Waals surface area (Å²) in [4.78, 5) is 28.6. The summed E-state index contributed by atoms with van der Waals surface area (Å²) >= 11 is 6.35. The standard InChI is InChI=1S/C30H36ClN3O6S/c1-21(29(36)32-30(2,3)4)33(19-22-11-10-12-24(17-22)39-5)28(35)20-34(23-15-16-27(40-6)26(31)18-23)41(37,38)25-13-8-7-9-14-25/h7-18,21H,19-20H2,1-6H3,(H,32,36)/t21-/m1/s1. The van der Waals surface area contributed by atoms with Gasteiger partial charge in [0, 0.05) is 12.1 Å². The summed E-state index contributed by atoms with van der Waals surface area (Å²) in [7, 11) is -1.23. The lowest BCUT2D eigenvalue weighted by Gasteiger charge is -2.33. The van der Waals surface area contributed by atoms with Crippen molar-refractivity contribution in [3.05, 3.63) is 83.4 Å². The number of hydrogen-bond acceptors (Lipinski definition) is 6. The molecule has 0 aliphatic carbocycles. The molecular formula is C30H36ClN3O6S. The van der Waals surface area contributed by atoms with Crippen LogP contribution >= 0.6 is 11.6 Å². The number of benzene rings is 3. The maximum absolute atomic E-state index is 14.0. The molecule has 0 bridgehead atoms. The van der Waals surface area contributed by atoms with Crippen LogP contribution in [0.25, 0.3) is 0 Å². The van der Waals surface area contributed by atoms with E-state index in [2.05, 4.69) is 5.32 Å². The SMILES string of the molecule is COc1cccc(CN(C(=O)CN(c2ccc(OC)c(Cl)c2)S(=O)(=O)c2ccccc2)[C@H](C)C(=O)NC(C)(C)C)c1. The fraction of sp³-hybridized carbons (Fsp3) is 0.333. The van der Waals surface area contributed by atoms with Crippen molar-refractivity contribution in [3.8, 4) is 11.5 Å². The van der Waals surface area contributed by atoms with Crippen LogP contribution in [0.5, 0.6) is 11.5 Å². The average Bonchev–Trinajstić information content (AvgIpc) is 2.93. The molecule has 0 fully saturated rings. The van der Waals surface area contributed by atoms with Crippen molar-refractivity contribution in [2.45, 2.75) is 50.7 Å². The highest BCUT2D eigenvalue weighted by Gasteiger charge is 2.33. The first kappa shape index (κ1) is 31.8. The number of hydrogen-bond donors (Lipinski definition) is 1. The first-order valence-electron chi connectivity index (χ1n) is 12.9. The third kappa shape index (κ3) is 8.14. The van der Waals surface area contributed by atoms with Crippen LogP contribution < -0.4 is 19.1 Å². The van der Waals surface area contributed by atoms with Gasteiger partial charge in [-0.15, -0.1) is 0 Å². The lowest BCUT2D eigenvalue weighted by Crippen LogP contribution is -2.54. The van der Waals surface area contributed by atoms with Crippen molar-refractivity contribution in [2.75, 3.05) is 25.1 Å². The van der Waals surface area contributed by atoms with Crippen LogP contribution in [-0.2, 0) is 26.2 Å². The van der Waals surface area contributed by atoms with Crippen molar-refractivity contribution in [1.29, 1.82) is 0 Å². The van der Waals surface area contributed by atoms with Crippen molar-refractivity contribution < 1.29 is 27.5 Å². The number of anilines is 1. The van der Waals surface area contributed by atoms with E-state index in [9.17, 15) is 18.0 Å². The number of ether oxygens (including phenoxy) is 2. The van der Waals surface area contributed by atoms with E-state index in [1.165, 1.54) is 49.5 Å². The first-order chi connectivity index (χ1) is 19.3. The molecule has 0 radical (unpaired) electrons. The predicted octanol–water partition coefficient (Wildman–Crippen LogP) is 4.88. The molecule has 0 aliphatic heterocycles. The number of halogens is 1. The number of carbonyl (C=O) groups excluding carboxylic acids is 2. The topological polar surface area (TPSA) is 105 Å². The molecule has 11 heteroatoms. The maximum Gasteiger partial charge on any atom is 0.264 e. The van der Waals surface area contributed by atoms with E-state index in [0.717, 1.165) is 4.31 Å². The monoisotopic (exact) mass is 601 g/mol. The summed E-state index contributed by atoms with van der Waals surface area (Å²) in [6.45, 7) is 6.59. The smallest absolute Gasteiger partial charge is 0.264 e. The van der Waals surface area contributed by atoms with Crippen molar-refractivity contribution >= 4 is 39.1 Å². The molecule has 2 amide bonds. The van der Waals surface area contributed by atoms with Crippen molar-refractivity contribution in [3.63, 3.8) is 0 Å². The van der Waals surface area contributed by atoms with Crippen molar-refractivity contribution in [2.24, 2.45) is 0 Å². The van der Waals surface area contributed by atoms with E-state index in [0.29, 0.717) is 17.1 Å². The van der Waals surface area contributed by atoms with E-state index in [1.54, 1.807) is 49.4 Å². The molecule has 0 saturated heterocycles. The molecule has 3 aromatic carbocycles. The van der Waals surface area contributed by atoms with E-state index >= 15 is 0 Å². The second-order valence-electron chi connectivity index (χ2n) is 10.4. The second kappa shape index (κ2) is 13.3. The summed E-state index contributed by atoms with van der Waals surface area (Å²) in [6, 6.07) is 18.5. The van der Waals surface area contributed by atoms with Gasteiger partial charge in [-0.25, -0.2) is 8.42 Å². The molecule has 41 heavy (non-hydrogen) atoms. The van der Waals surface area contributed by atoms with Crippen LogP contribution in [0.2, 0.25) is 5.02 Å². The van der Waals surface area contributed by atoms with E-state index < -0.39 is 34.1 Å². The number of methoxy groups -OCH3 is 2. The quantitative estimate of drug-likeness (QED) is 0.336. The van der Waals surface area contributed by atoms with Crippen molar-refractivity contribution in [1.82, 2.24) is 10.2 Å². The minimum atomic E-state index is -4.21. The van der Waals surface area contributed by atoms with Gasteiger partial charge in [0.1, 0.15) is 24.1 Å². The third-order valence-corrected chi connectivity index (χ3v) is 8.27. The number of sulfonamides is 1. The van der Waals surface area contributed by atoms with Crippen LogP contribution in [0, 0.1) is 0 Å². The van der Waals surface area contributed by atoms with Gasteiger partial charge < -0.3 is 19.7 Å². The van der Waals surface area contributed by atoms with Gasteiger partial charge in [-0.1, -0.05) is 41.9 Å². The zero-order valence-corrected chi connectivity index (χ0v) is 25.6. The molecule has 3 rings (SSSR count). The predicted molar refractivity (Wildman–Crippen MR) is 160 cm³/mol. The highest BCUT2D eigenvalue weighted by molar-refractivity contribution is 7.92. The van der Waals surface area contributed by atoms with Crippen LogP contribution in [0.1, 0.15) is 33.3 Å². The summed E-state index contributed by atoms with van der Waals surface area (Å²) in [5, 5.41) is 3.08. The number of nitrogens with one attached hydrogen (secondary N) is 1. The molecular weight excluding hydrogens is 566 g/mol. The third-order valence-electron chi connectivity index (χ3n) is 6.19. The molecule has 0 unspecified atom stereocenters. The molecule has 0 aromatic heterocycles.